The van der Waals surface area contributed by atoms with Crippen LogP contribution in [-0.4, -0.2) is 37.2 Å². The summed E-state index contributed by atoms with van der Waals surface area (Å²) in [5.74, 6) is 0.442. The van der Waals surface area contributed by atoms with Crippen LogP contribution in [0.2, 0.25) is 0 Å². The summed E-state index contributed by atoms with van der Waals surface area (Å²) in [6.45, 7) is 4.19. The molecule has 0 aliphatic rings. The van der Waals surface area contributed by atoms with Crippen LogP contribution in [0, 0.1) is 6.92 Å². The number of nitrogens with zero attached hydrogens (tertiary/aromatic N) is 5. The van der Waals surface area contributed by atoms with Crippen molar-refractivity contribution in [1.82, 2.24) is 24.2 Å². The summed E-state index contributed by atoms with van der Waals surface area (Å²) in [5, 5.41) is 4.29. The molecule has 0 saturated carbocycles. The first-order chi connectivity index (χ1) is 13.5. The summed E-state index contributed by atoms with van der Waals surface area (Å²) in [7, 11) is 1.73. The molecular formula is C21H25N5O2. The zero-order valence-corrected chi connectivity index (χ0v) is 16.4. The van der Waals surface area contributed by atoms with Gasteiger partial charge >= 0.3 is 5.69 Å². The first-order valence-corrected chi connectivity index (χ1v) is 9.31. The molecule has 7 nitrogen and oxygen atoms in total. The van der Waals surface area contributed by atoms with E-state index < -0.39 is 0 Å². The molecule has 7 heteroatoms. The largest absolute Gasteiger partial charge is 0.346 e. The standard InChI is InChI=1S/C21H25N5O2/c1-16(19-9-12-22-13-10-19)24(3)20(27)15-26-21(28)25(17(2)23-26)14-11-18-7-5-4-6-8-18/h4-10,12-13,16H,11,14-15H2,1-3H3. The minimum Gasteiger partial charge on any atom is -0.337 e. The Morgan fingerprint density at radius 3 is 2.50 bits per heavy atom. The van der Waals surface area contributed by atoms with Gasteiger partial charge in [0.25, 0.3) is 0 Å². The van der Waals surface area contributed by atoms with Crippen LogP contribution in [0.25, 0.3) is 0 Å². The van der Waals surface area contributed by atoms with Gasteiger partial charge in [0.2, 0.25) is 5.91 Å². The fourth-order valence-corrected chi connectivity index (χ4v) is 3.12. The predicted molar refractivity (Wildman–Crippen MR) is 107 cm³/mol. The molecule has 0 aliphatic carbocycles. The fraction of sp³-hybridized carbons (Fsp3) is 0.333. The van der Waals surface area contributed by atoms with E-state index in [9.17, 15) is 9.59 Å². The number of likely N-dealkylation sites (N-methyl/N-ethyl adjacent to an activating group) is 1. The van der Waals surface area contributed by atoms with Gasteiger partial charge in [-0.1, -0.05) is 30.3 Å². The summed E-state index contributed by atoms with van der Waals surface area (Å²) in [6, 6.07) is 13.6. The monoisotopic (exact) mass is 379 g/mol. The van der Waals surface area contributed by atoms with Gasteiger partial charge in [0.1, 0.15) is 12.4 Å². The van der Waals surface area contributed by atoms with Crippen LogP contribution >= 0.6 is 0 Å². The zero-order chi connectivity index (χ0) is 20.1. The van der Waals surface area contributed by atoms with Crippen molar-refractivity contribution in [2.75, 3.05) is 7.05 Å². The number of benzene rings is 1. The average Bonchev–Trinajstić information content (AvgIpc) is 2.99. The van der Waals surface area contributed by atoms with Gasteiger partial charge in [0.05, 0.1) is 6.04 Å². The third kappa shape index (κ3) is 4.36. The van der Waals surface area contributed by atoms with Crippen molar-refractivity contribution in [3.05, 3.63) is 82.3 Å². The number of pyridine rings is 1. The number of carbonyl (C=O) groups is 1. The van der Waals surface area contributed by atoms with Crippen molar-refractivity contribution in [1.29, 1.82) is 0 Å². The highest BCUT2D eigenvalue weighted by molar-refractivity contribution is 5.76. The van der Waals surface area contributed by atoms with Crippen LogP contribution in [-0.2, 0) is 24.3 Å². The molecule has 1 unspecified atom stereocenters. The molecule has 0 radical (unpaired) electrons. The molecule has 1 amide bonds. The molecule has 28 heavy (non-hydrogen) atoms. The lowest BCUT2D eigenvalue weighted by molar-refractivity contribution is -0.132. The third-order valence-electron chi connectivity index (χ3n) is 5.02. The molecule has 0 N–H and O–H groups in total. The Bertz CT molecular complexity index is 979. The third-order valence-corrected chi connectivity index (χ3v) is 5.02. The normalized spacial score (nSPS) is 12.0. The van der Waals surface area contributed by atoms with Crippen molar-refractivity contribution >= 4 is 5.91 Å². The number of hydrogen-bond donors (Lipinski definition) is 0. The van der Waals surface area contributed by atoms with Gasteiger partial charge in [-0.25, -0.2) is 9.48 Å². The SMILES string of the molecule is Cc1nn(CC(=O)N(C)C(C)c2ccncc2)c(=O)n1CCc1ccccc1. The molecule has 0 aliphatic heterocycles. The van der Waals surface area contributed by atoms with Gasteiger partial charge in [0.15, 0.2) is 0 Å². The van der Waals surface area contributed by atoms with Gasteiger partial charge in [-0.3, -0.25) is 14.3 Å². The fourth-order valence-electron chi connectivity index (χ4n) is 3.12. The van der Waals surface area contributed by atoms with Crippen molar-refractivity contribution in [2.24, 2.45) is 0 Å². The zero-order valence-electron chi connectivity index (χ0n) is 16.4. The van der Waals surface area contributed by atoms with Crippen LogP contribution in [0.5, 0.6) is 0 Å². The van der Waals surface area contributed by atoms with E-state index in [1.165, 1.54) is 4.68 Å². The Labute approximate surface area is 164 Å². The maximum absolute atomic E-state index is 12.7. The number of rotatable bonds is 7. The molecule has 0 saturated heterocycles. The van der Waals surface area contributed by atoms with Crippen LogP contribution < -0.4 is 5.69 Å². The van der Waals surface area contributed by atoms with E-state index in [0.29, 0.717) is 12.4 Å². The Kier molecular flexibility index (Phi) is 6.03. The van der Waals surface area contributed by atoms with E-state index >= 15 is 0 Å². The van der Waals surface area contributed by atoms with Gasteiger partial charge in [-0.05, 0) is 43.5 Å². The summed E-state index contributed by atoms with van der Waals surface area (Å²) in [6.07, 6.45) is 4.14. The highest BCUT2D eigenvalue weighted by Gasteiger charge is 2.20. The topological polar surface area (TPSA) is 73.0 Å². The van der Waals surface area contributed by atoms with Crippen molar-refractivity contribution in [2.45, 2.75) is 39.4 Å². The average molecular weight is 379 g/mol. The molecule has 1 aromatic carbocycles. The van der Waals surface area contributed by atoms with E-state index in [-0.39, 0.29) is 24.2 Å². The first-order valence-electron chi connectivity index (χ1n) is 9.31. The molecule has 2 aromatic heterocycles. The van der Waals surface area contributed by atoms with E-state index in [0.717, 1.165) is 17.5 Å². The lowest BCUT2D eigenvalue weighted by Crippen LogP contribution is -2.36. The first kappa shape index (κ1) is 19.5. The predicted octanol–water partition coefficient (Wildman–Crippen LogP) is 2.21. The summed E-state index contributed by atoms with van der Waals surface area (Å²) in [4.78, 5) is 31.0. The van der Waals surface area contributed by atoms with Crippen molar-refractivity contribution in [3.8, 4) is 0 Å². The number of carbonyl (C=O) groups excluding carboxylic acids is 1. The lowest BCUT2D eigenvalue weighted by Gasteiger charge is -2.25. The number of aryl methyl sites for hydroxylation is 2. The second-order valence-corrected chi connectivity index (χ2v) is 6.84. The molecule has 0 fully saturated rings. The highest BCUT2D eigenvalue weighted by atomic mass is 16.2. The molecule has 3 aromatic rings. The minimum absolute atomic E-state index is 0.0794. The maximum atomic E-state index is 12.7. The van der Waals surface area contributed by atoms with Crippen LogP contribution in [0.15, 0.2) is 59.7 Å². The summed E-state index contributed by atoms with van der Waals surface area (Å²) >= 11 is 0. The maximum Gasteiger partial charge on any atom is 0.346 e. The molecular weight excluding hydrogens is 354 g/mol. The van der Waals surface area contributed by atoms with Crippen LogP contribution in [0.1, 0.15) is 29.9 Å². The minimum atomic E-state index is -0.258. The van der Waals surface area contributed by atoms with E-state index in [2.05, 4.69) is 10.1 Å². The number of hydrogen-bond acceptors (Lipinski definition) is 4. The van der Waals surface area contributed by atoms with E-state index in [4.69, 9.17) is 0 Å². The van der Waals surface area contributed by atoms with Crippen molar-refractivity contribution in [3.63, 3.8) is 0 Å². The molecule has 0 spiro atoms. The Morgan fingerprint density at radius 1 is 1.14 bits per heavy atom. The molecule has 2 heterocycles. The van der Waals surface area contributed by atoms with Gasteiger partial charge in [-0.2, -0.15) is 5.10 Å². The van der Waals surface area contributed by atoms with Gasteiger partial charge in [-0.15, -0.1) is 0 Å². The Hall–Kier alpha value is -3.22. The second kappa shape index (κ2) is 8.65. The molecule has 3 rings (SSSR count). The lowest BCUT2D eigenvalue weighted by atomic mass is 10.1. The molecule has 1 atom stereocenters. The smallest absolute Gasteiger partial charge is 0.337 e. The van der Waals surface area contributed by atoms with Crippen LogP contribution in [0.3, 0.4) is 0 Å². The van der Waals surface area contributed by atoms with Gasteiger partial charge < -0.3 is 4.90 Å². The number of amides is 1. The van der Waals surface area contributed by atoms with Gasteiger partial charge in [0, 0.05) is 26.0 Å². The summed E-state index contributed by atoms with van der Waals surface area (Å²) < 4.78 is 2.87. The second-order valence-electron chi connectivity index (χ2n) is 6.84. The molecule has 146 valence electrons. The quantitative estimate of drug-likeness (QED) is 0.631. The Morgan fingerprint density at radius 2 is 1.82 bits per heavy atom. The van der Waals surface area contributed by atoms with Crippen LogP contribution in [0.4, 0.5) is 0 Å². The Balaban J connectivity index is 1.69. The van der Waals surface area contributed by atoms with E-state index in [1.807, 2.05) is 49.4 Å². The number of aromatic nitrogens is 4. The van der Waals surface area contributed by atoms with E-state index in [1.54, 1.807) is 35.8 Å². The highest BCUT2D eigenvalue weighted by Crippen LogP contribution is 2.17. The molecule has 0 bridgehead atoms. The van der Waals surface area contributed by atoms with Crippen molar-refractivity contribution < 1.29 is 4.79 Å². The summed E-state index contributed by atoms with van der Waals surface area (Å²) in [5.41, 5.74) is 1.89.